The first-order valence-electron chi connectivity index (χ1n) is 9.81. The molecule has 0 amide bonds. The number of ketones is 1. The fourth-order valence-electron chi connectivity index (χ4n) is 3.50. The summed E-state index contributed by atoms with van der Waals surface area (Å²) in [4.78, 5) is 12.8. The smallest absolute Gasteiger partial charge is 0.293 e. The van der Waals surface area contributed by atoms with Crippen LogP contribution in [0, 0.1) is 0 Å². The van der Waals surface area contributed by atoms with Gasteiger partial charge in [0.05, 0.1) is 5.75 Å². The maximum absolute atomic E-state index is 14.1. The highest BCUT2D eigenvalue weighted by atomic mass is 32.3. The number of benzene rings is 2. The van der Waals surface area contributed by atoms with Gasteiger partial charge < -0.3 is 0 Å². The van der Waals surface area contributed by atoms with Crippen LogP contribution in [0.5, 0.6) is 0 Å². The molecule has 2 aromatic rings. The van der Waals surface area contributed by atoms with E-state index in [0.29, 0.717) is 5.39 Å². The summed E-state index contributed by atoms with van der Waals surface area (Å²) in [5, 5.41) is -5.62. The summed E-state index contributed by atoms with van der Waals surface area (Å²) in [7, 11) is -10.5. The number of carbonyl (C=O) groups excluding carboxylic acids is 1. The summed E-state index contributed by atoms with van der Waals surface area (Å²) in [6, 6.07) is 11.1. The average Bonchev–Trinajstić information content (AvgIpc) is 3.19. The number of hydrogen-bond acceptors (Lipinski definition) is 4. The molecule has 0 N–H and O–H groups in total. The summed E-state index contributed by atoms with van der Waals surface area (Å²) >= 11 is 0. The minimum Gasteiger partial charge on any atom is -0.293 e. The summed E-state index contributed by atoms with van der Waals surface area (Å²) in [5.74, 6) is -17.1. The van der Waals surface area contributed by atoms with Crippen molar-refractivity contribution in [1.29, 1.82) is 0 Å². The Balaban J connectivity index is 1.92. The summed E-state index contributed by atoms with van der Waals surface area (Å²) < 4.78 is 148. The Morgan fingerprint density at radius 2 is 1.37 bits per heavy atom. The van der Waals surface area contributed by atoms with Gasteiger partial charge in [0.1, 0.15) is 0 Å². The first kappa shape index (κ1) is 27.6. The van der Waals surface area contributed by atoms with E-state index in [0.717, 1.165) is 5.39 Å². The van der Waals surface area contributed by atoms with E-state index in [2.05, 4.69) is 3.63 Å². The van der Waals surface area contributed by atoms with E-state index in [-0.39, 0.29) is 29.9 Å². The Morgan fingerprint density at radius 1 is 0.829 bits per heavy atom. The quantitative estimate of drug-likeness (QED) is 0.283. The van der Waals surface area contributed by atoms with Crippen LogP contribution < -0.4 is 0 Å². The number of alkyl halides is 9. The number of Topliss-reactive ketones (excluding diaryl/α,β-unsaturated/α-hetero) is 1. The third-order valence-corrected chi connectivity index (χ3v) is 11.0. The van der Waals surface area contributed by atoms with E-state index >= 15 is 0 Å². The lowest BCUT2D eigenvalue weighted by Crippen LogP contribution is -2.63. The molecule has 1 aliphatic heterocycles. The van der Waals surface area contributed by atoms with E-state index in [1.807, 2.05) is 0 Å². The molecule has 196 valence electrons. The fourth-order valence-corrected chi connectivity index (χ4v) is 9.14. The van der Waals surface area contributed by atoms with Crippen LogP contribution in [0.15, 0.2) is 42.5 Å². The first-order chi connectivity index (χ1) is 15.9. The van der Waals surface area contributed by atoms with Crippen molar-refractivity contribution in [2.24, 2.45) is 0 Å². The molecule has 2 aromatic carbocycles. The minimum absolute atomic E-state index is 0.0177. The van der Waals surface area contributed by atoms with Crippen LogP contribution in [-0.4, -0.2) is 54.7 Å². The molecule has 15 heteroatoms. The molecule has 35 heavy (non-hydrogen) atoms. The van der Waals surface area contributed by atoms with E-state index in [4.69, 9.17) is 0 Å². The maximum atomic E-state index is 14.1. The van der Waals surface area contributed by atoms with Crippen molar-refractivity contribution < 1.29 is 56.4 Å². The molecular formula is C20H17F9O4S2. The lowest BCUT2D eigenvalue weighted by Gasteiger charge is -2.37. The van der Waals surface area contributed by atoms with E-state index in [9.17, 15) is 52.7 Å². The first-order valence-corrected chi connectivity index (χ1v) is 13.3. The largest absolute Gasteiger partial charge is 0.460 e. The third-order valence-electron chi connectivity index (χ3n) is 5.41. The fraction of sp³-hybridized carbons (Fsp3) is 0.450. The highest BCUT2D eigenvalue weighted by Gasteiger charge is 2.86. The van der Waals surface area contributed by atoms with Crippen molar-refractivity contribution in [3.63, 3.8) is 0 Å². The molecule has 1 saturated heterocycles. The Kier molecular flexibility index (Phi) is 6.96. The molecule has 1 aliphatic rings. The Hall–Kier alpha value is -2.00. The molecule has 0 atom stereocenters. The molecule has 0 aliphatic carbocycles. The van der Waals surface area contributed by atoms with Crippen LogP contribution >= 0.6 is 10.3 Å². The van der Waals surface area contributed by atoms with Crippen LogP contribution in [-0.2, 0) is 13.7 Å². The van der Waals surface area contributed by atoms with Gasteiger partial charge in [-0.25, -0.2) is 3.63 Å². The van der Waals surface area contributed by atoms with Gasteiger partial charge in [-0.05, 0) is 29.7 Å². The summed E-state index contributed by atoms with van der Waals surface area (Å²) in [6.45, 7) is 0. The third kappa shape index (κ3) is 4.73. The second kappa shape index (κ2) is 8.83. The summed E-state index contributed by atoms with van der Waals surface area (Å²) in [6.07, 6.45) is -6.91. The topological polar surface area (TPSA) is 60.4 Å². The highest BCUT2D eigenvalue weighted by Crippen LogP contribution is 2.61. The van der Waals surface area contributed by atoms with Crippen molar-refractivity contribution in [2.75, 3.05) is 17.3 Å². The molecular weight excluding hydrogens is 539 g/mol. The van der Waals surface area contributed by atoms with Crippen molar-refractivity contribution >= 4 is 37.0 Å². The Morgan fingerprint density at radius 3 is 1.91 bits per heavy atom. The molecule has 0 spiro atoms. The van der Waals surface area contributed by atoms with Gasteiger partial charge in [0.25, 0.3) is 0 Å². The molecule has 0 bridgehead atoms. The van der Waals surface area contributed by atoms with Crippen LogP contribution in [0.25, 0.3) is 10.8 Å². The minimum atomic E-state index is -7.39. The molecule has 0 radical (unpaired) electrons. The highest BCUT2D eigenvalue weighted by molar-refractivity contribution is 8.33. The van der Waals surface area contributed by atoms with Crippen molar-refractivity contribution in [2.45, 2.75) is 36.1 Å². The zero-order valence-electron chi connectivity index (χ0n) is 17.4. The van der Waals surface area contributed by atoms with Gasteiger partial charge in [0, 0.05) is 17.1 Å². The van der Waals surface area contributed by atoms with E-state index in [1.165, 1.54) is 12.1 Å². The van der Waals surface area contributed by atoms with Gasteiger partial charge in [0.2, 0.25) is 0 Å². The Labute approximate surface area is 195 Å². The van der Waals surface area contributed by atoms with Crippen molar-refractivity contribution in [3.05, 3.63) is 48.0 Å². The van der Waals surface area contributed by atoms with Gasteiger partial charge in [-0.15, -0.1) is 10.3 Å². The van der Waals surface area contributed by atoms with Crippen LogP contribution in [0.4, 0.5) is 39.5 Å². The zero-order chi connectivity index (χ0) is 26.5. The standard InChI is InChI=1S/C20H17F9O4S2/c21-17(22,19(25,26)27)18(23,24)20(28,29)35(31,32)33-34(9-3-4-10-34)12-16(30)15-8-7-13-5-1-2-6-14(13)11-15/h1-2,5-8,11H,3-4,9-10,12H2. The molecule has 4 nitrogen and oxygen atoms in total. The second-order valence-electron chi connectivity index (χ2n) is 7.90. The summed E-state index contributed by atoms with van der Waals surface area (Å²) in [5.41, 5.74) is 0.0177. The molecule has 0 aromatic heterocycles. The lowest BCUT2D eigenvalue weighted by atomic mass is 10.1. The predicted molar refractivity (Wildman–Crippen MR) is 111 cm³/mol. The number of hydrogen-bond donors (Lipinski definition) is 0. The molecule has 1 heterocycles. The average molecular weight is 556 g/mol. The molecule has 0 saturated carbocycles. The Bertz CT molecular complexity index is 1220. The van der Waals surface area contributed by atoms with Crippen LogP contribution in [0.3, 0.4) is 0 Å². The molecule has 3 rings (SSSR count). The van der Waals surface area contributed by atoms with Crippen LogP contribution in [0.1, 0.15) is 23.2 Å². The number of halogens is 9. The molecule has 1 fully saturated rings. The monoisotopic (exact) mass is 556 g/mol. The number of rotatable bonds is 8. The second-order valence-corrected chi connectivity index (χ2v) is 12.9. The SMILES string of the molecule is O=C(CS1(OS(=O)(=O)C(F)(F)C(F)(F)C(F)(F)C(F)(F)F)CCCC1)c1ccc2ccccc2c1. The van der Waals surface area contributed by atoms with Gasteiger partial charge in [-0.3, -0.25) is 4.79 Å². The van der Waals surface area contributed by atoms with Crippen molar-refractivity contribution in [3.8, 4) is 0 Å². The van der Waals surface area contributed by atoms with Crippen molar-refractivity contribution in [1.82, 2.24) is 0 Å². The zero-order valence-corrected chi connectivity index (χ0v) is 19.1. The van der Waals surface area contributed by atoms with Crippen LogP contribution in [0.2, 0.25) is 0 Å². The van der Waals surface area contributed by atoms with Gasteiger partial charge in [-0.2, -0.15) is 47.9 Å². The van der Waals surface area contributed by atoms with Gasteiger partial charge >= 0.3 is 33.4 Å². The molecule has 0 unspecified atom stereocenters. The van der Waals surface area contributed by atoms with Gasteiger partial charge in [-0.1, -0.05) is 36.4 Å². The van der Waals surface area contributed by atoms with E-state index < -0.39 is 55.2 Å². The maximum Gasteiger partial charge on any atom is 0.460 e. The normalized spacial score (nSPS) is 18.5. The lowest BCUT2D eigenvalue weighted by molar-refractivity contribution is -0.382. The predicted octanol–water partition coefficient (Wildman–Crippen LogP) is 6.31. The van der Waals surface area contributed by atoms with Gasteiger partial charge in [0.15, 0.2) is 5.78 Å². The number of carbonyl (C=O) groups is 1. The number of fused-ring (bicyclic) bond motifs is 1. The van der Waals surface area contributed by atoms with E-state index in [1.54, 1.807) is 30.3 Å².